The minimum Gasteiger partial charge on any atom is -0.455 e. The second kappa shape index (κ2) is 8.43. The van der Waals surface area contributed by atoms with Crippen LogP contribution in [0.3, 0.4) is 0 Å². The minimum atomic E-state index is -0.526. The van der Waals surface area contributed by atoms with Crippen LogP contribution in [0.15, 0.2) is 54.6 Å². The van der Waals surface area contributed by atoms with Gasteiger partial charge in [-0.1, -0.05) is 30.3 Å². The first-order valence-electron chi connectivity index (χ1n) is 9.89. The molecule has 4 rings (SSSR count). The maximum Gasteiger partial charge on any atom is 0.310 e. The van der Waals surface area contributed by atoms with E-state index in [0.717, 1.165) is 22.6 Å². The van der Waals surface area contributed by atoms with E-state index in [9.17, 15) is 14.4 Å². The van der Waals surface area contributed by atoms with Gasteiger partial charge in [-0.25, -0.2) is 4.68 Å². The minimum absolute atomic E-state index is 0.00878. The number of esters is 1. The number of anilines is 2. The predicted molar refractivity (Wildman–Crippen MR) is 115 cm³/mol. The molecule has 1 aliphatic heterocycles. The first-order chi connectivity index (χ1) is 14.9. The Morgan fingerprint density at radius 3 is 2.55 bits per heavy atom. The average molecular weight is 418 g/mol. The van der Waals surface area contributed by atoms with Gasteiger partial charge in [0.1, 0.15) is 6.54 Å². The van der Waals surface area contributed by atoms with Crippen molar-refractivity contribution in [1.29, 1.82) is 0 Å². The number of hydrogen-bond acceptors (Lipinski definition) is 5. The molecule has 1 aliphatic rings. The van der Waals surface area contributed by atoms with Crippen LogP contribution in [0.4, 0.5) is 11.4 Å². The second-order valence-corrected chi connectivity index (χ2v) is 7.28. The highest BCUT2D eigenvalue weighted by Gasteiger charge is 2.27. The number of carbonyl (C=O) groups is 3. The first-order valence-corrected chi connectivity index (χ1v) is 9.89. The van der Waals surface area contributed by atoms with Gasteiger partial charge in [-0.2, -0.15) is 5.10 Å². The average Bonchev–Trinajstić information content (AvgIpc) is 3.05. The van der Waals surface area contributed by atoms with E-state index >= 15 is 0 Å². The van der Waals surface area contributed by atoms with Crippen LogP contribution >= 0.6 is 0 Å². The molecule has 2 amide bonds. The third-order valence-corrected chi connectivity index (χ3v) is 5.19. The predicted octanol–water partition coefficient (Wildman–Crippen LogP) is 2.56. The molecule has 0 aliphatic carbocycles. The van der Waals surface area contributed by atoms with Crippen LogP contribution in [0.2, 0.25) is 0 Å². The normalized spacial score (nSPS) is 12.8. The maximum atomic E-state index is 12.6. The summed E-state index contributed by atoms with van der Waals surface area (Å²) in [5.41, 5.74) is 4.38. The Morgan fingerprint density at radius 1 is 1.06 bits per heavy atom. The molecule has 0 bridgehead atoms. The first kappa shape index (κ1) is 20.3. The molecular weight excluding hydrogens is 396 g/mol. The lowest BCUT2D eigenvalue weighted by Crippen LogP contribution is -2.44. The maximum absolute atomic E-state index is 12.6. The molecule has 0 saturated carbocycles. The standard InChI is InChI=1S/C23H22N4O4/c1-15-18(16(2)27(25-15)17-8-4-3-5-9-17)12-23(30)31-14-22(29)26-13-21(28)24-19-10-6-7-11-20(19)26/h3-11H,12-14H2,1-2H3,(H,24,28). The number of nitrogens with zero attached hydrogens (tertiary/aromatic N) is 3. The van der Waals surface area contributed by atoms with E-state index in [2.05, 4.69) is 10.4 Å². The van der Waals surface area contributed by atoms with Crippen molar-refractivity contribution in [2.24, 2.45) is 0 Å². The third-order valence-electron chi connectivity index (χ3n) is 5.19. The Morgan fingerprint density at radius 2 is 1.77 bits per heavy atom. The summed E-state index contributed by atoms with van der Waals surface area (Å²) in [6.07, 6.45) is 0.00878. The lowest BCUT2D eigenvalue weighted by atomic mass is 10.1. The summed E-state index contributed by atoms with van der Waals surface area (Å²) < 4.78 is 7.02. The highest BCUT2D eigenvalue weighted by Crippen LogP contribution is 2.28. The third kappa shape index (κ3) is 4.18. The van der Waals surface area contributed by atoms with Gasteiger partial charge in [0.2, 0.25) is 5.91 Å². The Bertz CT molecular complexity index is 1150. The van der Waals surface area contributed by atoms with Crippen LogP contribution < -0.4 is 10.2 Å². The Balaban J connectivity index is 1.42. The Hall–Kier alpha value is -3.94. The highest BCUT2D eigenvalue weighted by atomic mass is 16.5. The molecule has 8 nitrogen and oxygen atoms in total. The summed E-state index contributed by atoms with van der Waals surface area (Å²) in [5.74, 6) is -1.27. The van der Waals surface area contributed by atoms with Gasteiger partial charge in [0.15, 0.2) is 6.61 Å². The van der Waals surface area contributed by atoms with Crippen molar-refractivity contribution < 1.29 is 19.1 Å². The summed E-state index contributed by atoms with van der Waals surface area (Å²) in [7, 11) is 0. The monoisotopic (exact) mass is 418 g/mol. The molecule has 1 N–H and O–H groups in total. The highest BCUT2D eigenvalue weighted by molar-refractivity contribution is 6.10. The van der Waals surface area contributed by atoms with Gasteiger partial charge in [0, 0.05) is 11.3 Å². The van der Waals surface area contributed by atoms with Crippen molar-refractivity contribution in [2.75, 3.05) is 23.4 Å². The number of carbonyl (C=O) groups excluding carboxylic acids is 3. The number of fused-ring (bicyclic) bond motifs is 1. The van der Waals surface area contributed by atoms with E-state index in [1.54, 1.807) is 28.9 Å². The van der Waals surface area contributed by atoms with Crippen molar-refractivity contribution in [3.63, 3.8) is 0 Å². The molecule has 8 heteroatoms. The van der Waals surface area contributed by atoms with E-state index < -0.39 is 18.5 Å². The summed E-state index contributed by atoms with van der Waals surface area (Å²) in [5, 5.41) is 7.25. The van der Waals surface area contributed by atoms with Crippen LogP contribution in [0, 0.1) is 13.8 Å². The number of para-hydroxylation sites is 3. The van der Waals surface area contributed by atoms with Crippen LogP contribution in [-0.4, -0.2) is 40.7 Å². The number of rotatable bonds is 5. The number of nitrogens with one attached hydrogen (secondary N) is 1. The lowest BCUT2D eigenvalue weighted by Gasteiger charge is -2.28. The van der Waals surface area contributed by atoms with Gasteiger partial charge in [-0.3, -0.25) is 19.3 Å². The summed E-state index contributed by atoms with van der Waals surface area (Å²) in [6.45, 7) is 3.17. The fourth-order valence-corrected chi connectivity index (χ4v) is 3.62. The summed E-state index contributed by atoms with van der Waals surface area (Å²) >= 11 is 0. The van der Waals surface area contributed by atoms with Gasteiger partial charge < -0.3 is 10.1 Å². The molecule has 0 atom stereocenters. The molecule has 1 aromatic heterocycles. The number of hydrogen-bond donors (Lipinski definition) is 1. The van der Waals surface area contributed by atoms with Crippen molar-refractivity contribution in [2.45, 2.75) is 20.3 Å². The number of ether oxygens (including phenoxy) is 1. The molecular formula is C23H22N4O4. The van der Waals surface area contributed by atoms with Crippen molar-refractivity contribution in [3.8, 4) is 5.69 Å². The molecule has 0 saturated heterocycles. The van der Waals surface area contributed by atoms with Crippen LogP contribution in [0.25, 0.3) is 5.69 Å². The van der Waals surface area contributed by atoms with Gasteiger partial charge in [-0.15, -0.1) is 0 Å². The number of aromatic nitrogens is 2. The smallest absolute Gasteiger partial charge is 0.310 e. The molecule has 0 spiro atoms. The molecule has 0 fully saturated rings. The number of amides is 2. The van der Waals surface area contributed by atoms with E-state index in [0.29, 0.717) is 11.4 Å². The van der Waals surface area contributed by atoms with Gasteiger partial charge in [0.25, 0.3) is 5.91 Å². The van der Waals surface area contributed by atoms with Crippen LogP contribution in [-0.2, 0) is 25.5 Å². The second-order valence-electron chi connectivity index (χ2n) is 7.28. The SMILES string of the molecule is Cc1nn(-c2ccccc2)c(C)c1CC(=O)OCC(=O)N1CC(=O)Nc2ccccc21. The molecule has 3 aromatic rings. The Labute approximate surface area is 179 Å². The Kier molecular flexibility index (Phi) is 5.53. The number of aryl methyl sites for hydroxylation is 1. The quantitative estimate of drug-likeness (QED) is 0.643. The molecule has 2 heterocycles. The van der Waals surface area contributed by atoms with Crippen molar-refractivity contribution in [3.05, 3.63) is 71.5 Å². The zero-order valence-corrected chi connectivity index (χ0v) is 17.3. The van der Waals surface area contributed by atoms with Crippen LogP contribution in [0.1, 0.15) is 17.0 Å². The fraction of sp³-hybridized carbons (Fsp3) is 0.217. The van der Waals surface area contributed by atoms with Crippen LogP contribution in [0.5, 0.6) is 0 Å². The van der Waals surface area contributed by atoms with E-state index in [1.807, 2.05) is 44.2 Å². The molecule has 158 valence electrons. The molecule has 0 radical (unpaired) electrons. The van der Waals surface area contributed by atoms with E-state index in [1.165, 1.54) is 4.90 Å². The molecule has 0 unspecified atom stereocenters. The largest absolute Gasteiger partial charge is 0.455 e. The lowest BCUT2D eigenvalue weighted by molar-refractivity contribution is -0.147. The van der Waals surface area contributed by atoms with E-state index in [4.69, 9.17) is 4.74 Å². The topological polar surface area (TPSA) is 93.5 Å². The number of benzene rings is 2. The zero-order chi connectivity index (χ0) is 22.0. The molecule has 2 aromatic carbocycles. The van der Waals surface area contributed by atoms with Crippen molar-refractivity contribution in [1.82, 2.24) is 9.78 Å². The zero-order valence-electron chi connectivity index (χ0n) is 17.3. The molecule has 31 heavy (non-hydrogen) atoms. The summed E-state index contributed by atoms with van der Waals surface area (Å²) in [6, 6.07) is 16.6. The van der Waals surface area contributed by atoms with Gasteiger partial charge in [0.05, 0.1) is 29.2 Å². The van der Waals surface area contributed by atoms with Gasteiger partial charge >= 0.3 is 5.97 Å². The fourth-order valence-electron chi connectivity index (χ4n) is 3.62. The van der Waals surface area contributed by atoms with Gasteiger partial charge in [-0.05, 0) is 38.1 Å². The summed E-state index contributed by atoms with van der Waals surface area (Å²) in [4.78, 5) is 38.3. The van der Waals surface area contributed by atoms with E-state index in [-0.39, 0.29) is 18.9 Å². The van der Waals surface area contributed by atoms with Crippen molar-refractivity contribution >= 4 is 29.2 Å².